The molecule has 11 heteroatoms. The Bertz CT molecular complexity index is 1470. The Morgan fingerprint density at radius 2 is 1.61 bits per heavy atom. The predicted octanol–water partition coefficient (Wildman–Crippen LogP) is 2.44. The zero-order chi connectivity index (χ0) is 28.9. The number of nitrogens with zero attached hydrogens (tertiary/aromatic N) is 5. The van der Waals surface area contributed by atoms with Crippen molar-refractivity contribution in [2.24, 2.45) is 0 Å². The Morgan fingerprint density at radius 1 is 0.927 bits per heavy atom. The van der Waals surface area contributed by atoms with Gasteiger partial charge in [0, 0.05) is 51.9 Å². The Morgan fingerprint density at radius 3 is 2.27 bits per heavy atom. The highest BCUT2D eigenvalue weighted by molar-refractivity contribution is 5.80. The third kappa shape index (κ3) is 6.51. The lowest BCUT2D eigenvalue weighted by atomic mass is 10.0. The lowest BCUT2D eigenvalue weighted by Gasteiger charge is -2.32. The number of alkyl halides is 2. The molecule has 2 aliphatic rings. The first-order valence-electron chi connectivity index (χ1n) is 14.2. The predicted molar refractivity (Wildman–Crippen MR) is 153 cm³/mol. The molecule has 0 saturated carbocycles. The van der Waals surface area contributed by atoms with Crippen molar-refractivity contribution in [3.63, 3.8) is 0 Å². The number of piperazine rings is 1. The van der Waals surface area contributed by atoms with Gasteiger partial charge < -0.3 is 14.5 Å². The van der Waals surface area contributed by atoms with E-state index in [2.05, 4.69) is 22.9 Å². The fourth-order valence-corrected chi connectivity index (χ4v) is 5.75. The zero-order valence-electron chi connectivity index (χ0n) is 23.4. The number of carbonyl (C=O) groups excluding carboxylic acids is 1. The lowest BCUT2D eigenvalue weighted by Crippen LogP contribution is -2.44. The van der Waals surface area contributed by atoms with Crippen molar-refractivity contribution in [1.29, 1.82) is 0 Å². The van der Waals surface area contributed by atoms with Crippen molar-refractivity contribution in [1.82, 2.24) is 23.8 Å². The van der Waals surface area contributed by atoms with Gasteiger partial charge in [-0.15, -0.1) is 0 Å². The molecule has 0 unspecified atom stereocenters. The summed E-state index contributed by atoms with van der Waals surface area (Å²) < 4.78 is 34.6. The van der Waals surface area contributed by atoms with Gasteiger partial charge in [-0.3, -0.25) is 23.6 Å². The maximum absolute atomic E-state index is 13.9. The molecule has 0 spiro atoms. The van der Waals surface area contributed by atoms with Crippen LogP contribution in [0.15, 0.2) is 52.1 Å². The van der Waals surface area contributed by atoms with Crippen LogP contribution in [0.2, 0.25) is 0 Å². The molecule has 0 bridgehead atoms. The fraction of sp³-hybridized carbons (Fsp3) is 0.500. The molecular weight excluding hydrogens is 532 g/mol. The molecule has 1 amide bonds. The summed E-state index contributed by atoms with van der Waals surface area (Å²) in [6.07, 6.45) is 0.673. The highest BCUT2D eigenvalue weighted by Gasteiger charge is 2.25. The average molecular weight is 570 g/mol. The van der Waals surface area contributed by atoms with Crippen molar-refractivity contribution in [2.75, 3.05) is 59.7 Å². The minimum atomic E-state index is -1.27. The van der Waals surface area contributed by atoms with Crippen molar-refractivity contribution in [3.05, 3.63) is 74.4 Å². The number of rotatable bonds is 10. The third-order valence-corrected chi connectivity index (χ3v) is 8.13. The third-order valence-electron chi connectivity index (χ3n) is 8.13. The Hall–Kier alpha value is -3.57. The van der Waals surface area contributed by atoms with Gasteiger partial charge in [-0.05, 0) is 49.2 Å². The van der Waals surface area contributed by atoms with E-state index in [1.54, 1.807) is 15.5 Å². The second-order valence-electron chi connectivity index (χ2n) is 11.0. The smallest absolute Gasteiger partial charge is 0.332 e. The van der Waals surface area contributed by atoms with Crippen LogP contribution in [0.3, 0.4) is 0 Å². The quantitative estimate of drug-likeness (QED) is 0.349. The van der Waals surface area contributed by atoms with E-state index in [0.29, 0.717) is 31.4 Å². The van der Waals surface area contributed by atoms with Crippen molar-refractivity contribution >= 4 is 17.3 Å². The fourth-order valence-electron chi connectivity index (χ4n) is 5.75. The van der Waals surface area contributed by atoms with Gasteiger partial charge in [0.25, 0.3) is 5.56 Å². The highest BCUT2D eigenvalue weighted by atomic mass is 19.1. The number of fused-ring (bicyclic) bond motifs is 1. The SMILES string of the molecule is CN1CCN(Cc2cccc(Cn3c(=O)c4cc(OC(CF)CF)ccc4n(C4CCN(C=O)CC4)c3=O)c2)CC1. The molecule has 2 saturated heterocycles. The molecule has 41 heavy (non-hydrogen) atoms. The van der Waals surface area contributed by atoms with Crippen molar-refractivity contribution in [3.8, 4) is 5.75 Å². The molecule has 3 heterocycles. The first-order valence-corrected chi connectivity index (χ1v) is 14.2. The number of piperidine rings is 1. The van der Waals surface area contributed by atoms with Crippen LogP contribution >= 0.6 is 0 Å². The molecule has 0 atom stereocenters. The molecule has 2 aromatic carbocycles. The summed E-state index contributed by atoms with van der Waals surface area (Å²) in [5.41, 5.74) is 1.48. The molecule has 220 valence electrons. The molecule has 0 aliphatic carbocycles. The van der Waals surface area contributed by atoms with Gasteiger partial charge in [0.2, 0.25) is 6.41 Å². The number of halogens is 2. The molecule has 9 nitrogen and oxygen atoms in total. The maximum atomic E-state index is 13.9. The van der Waals surface area contributed by atoms with E-state index in [1.165, 1.54) is 16.7 Å². The number of amides is 1. The van der Waals surface area contributed by atoms with E-state index in [0.717, 1.165) is 50.3 Å². The minimum Gasteiger partial charge on any atom is -0.485 e. The summed E-state index contributed by atoms with van der Waals surface area (Å²) in [5.74, 6) is 0.164. The number of benzene rings is 2. The molecule has 2 fully saturated rings. The summed E-state index contributed by atoms with van der Waals surface area (Å²) in [6.45, 7) is 3.87. The molecular formula is C30H37F2N5O4. The number of hydrogen-bond acceptors (Lipinski definition) is 6. The topological polar surface area (TPSA) is 80.0 Å². The van der Waals surface area contributed by atoms with Gasteiger partial charge >= 0.3 is 5.69 Å². The van der Waals surface area contributed by atoms with Gasteiger partial charge in [-0.2, -0.15) is 0 Å². The maximum Gasteiger partial charge on any atom is 0.332 e. The summed E-state index contributed by atoms with van der Waals surface area (Å²) >= 11 is 0. The van der Waals surface area contributed by atoms with Crippen LogP contribution in [0.1, 0.15) is 30.0 Å². The minimum absolute atomic E-state index is 0.0834. The van der Waals surface area contributed by atoms with Crippen molar-refractivity contribution < 1.29 is 18.3 Å². The van der Waals surface area contributed by atoms with Crippen molar-refractivity contribution in [2.45, 2.75) is 38.1 Å². The van der Waals surface area contributed by atoms with Gasteiger partial charge in [0.15, 0.2) is 6.10 Å². The molecule has 0 radical (unpaired) electrons. The van der Waals surface area contributed by atoms with Crippen LogP contribution in [0, 0.1) is 0 Å². The van der Waals surface area contributed by atoms with Gasteiger partial charge in [-0.1, -0.05) is 24.3 Å². The Labute approximate surface area is 237 Å². The van der Waals surface area contributed by atoms with Gasteiger partial charge in [0.05, 0.1) is 17.4 Å². The number of ether oxygens (including phenoxy) is 1. The van der Waals surface area contributed by atoms with E-state index in [4.69, 9.17) is 4.74 Å². The standard InChI is InChI=1S/C30H37F2N5O4/c1-33-11-13-34(14-12-33)19-22-3-2-4-23(15-22)20-36-29(39)27-16-25(41-26(17-31)18-32)5-6-28(27)37(30(36)40)24-7-9-35(21-38)10-8-24/h2-6,15-16,21,24,26H,7-14,17-20H2,1H3. The summed E-state index contributed by atoms with van der Waals surface area (Å²) in [6, 6.07) is 12.3. The van der Waals surface area contributed by atoms with Gasteiger partial charge in [0.1, 0.15) is 19.1 Å². The Kier molecular flexibility index (Phi) is 9.14. The average Bonchev–Trinajstić information content (AvgIpc) is 3.00. The highest BCUT2D eigenvalue weighted by Crippen LogP contribution is 2.26. The normalized spacial score (nSPS) is 17.4. The zero-order valence-corrected chi connectivity index (χ0v) is 23.4. The molecule has 1 aromatic heterocycles. The second kappa shape index (κ2) is 12.9. The summed E-state index contributed by atoms with van der Waals surface area (Å²) in [5, 5.41) is 0.241. The largest absolute Gasteiger partial charge is 0.485 e. The van der Waals surface area contributed by atoms with Crippen LogP contribution in [0.5, 0.6) is 5.75 Å². The van der Waals surface area contributed by atoms with Gasteiger partial charge in [-0.25, -0.2) is 13.6 Å². The first-order chi connectivity index (χ1) is 19.9. The lowest BCUT2D eigenvalue weighted by molar-refractivity contribution is -0.119. The molecule has 3 aromatic rings. The molecule has 2 aliphatic heterocycles. The van der Waals surface area contributed by atoms with E-state index in [1.807, 2.05) is 18.2 Å². The van der Waals surface area contributed by atoms with Crippen LogP contribution < -0.4 is 16.0 Å². The molecule has 5 rings (SSSR count). The monoisotopic (exact) mass is 569 g/mol. The van der Waals surface area contributed by atoms with E-state index in [-0.39, 0.29) is 23.7 Å². The van der Waals surface area contributed by atoms with Crippen LogP contribution in [0.25, 0.3) is 10.9 Å². The van der Waals surface area contributed by atoms with Crippen LogP contribution in [-0.2, 0) is 17.9 Å². The van der Waals surface area contributed by atoms with Crippen LogP contribution in [-0.4, -0.2) is 96.0 Å². The number of carbonyl (C=O) groups is 1. The van der Waals surface area contributed by atoms with Crippen LogP contribution in [0.4, 0.5) is 8.78 Å². The number of hydrogen-bond donors (Lipinski definition) is 0. The second-order valence-corrected chi connectivity index (χ2v) is 11.0. The number of aromatic nitrogens is 2. The Balaban J connectivity index is 1.52. The summed E-state index contributed by atoms with van der Waals surface area (Å²) in [4.78, 5) is 45.4. The number of likely N-dealkylation sites (tertiary alicyclic amines) is 1. The van der Waals surface area contributed by atoms with E-state index < -0.39 is 30.7 Å². The first kappa shape index (κ1) is 28.9. The van der Waals surface area contributed by atoms with E-state index in [9.17, 15) is 23.2 Å². The number of likely N-dealkylation sites (N-methyl/N-ethyl adjacent to an activating group) is 1. The molecule has 0 N–H and O–H groups in total. The van der Waals surface area contributed by atoms with E-state index >= 15 is 0 Å². The summed E-state index contributed by atoms with van der Waals surface area (Å²) in [7, 11) is 2.12.